The summed E-state index contributed by atoms with van der Waals surface area (Å²) in [4.78, 5) is 10.4. The van der Waals surface area contributed by atoms with Crippen molar-refractivity contribution in [1.82, 2.24) is 0 Å². The zero-order valence-corrected chi connectivity index (χ0v) is 7.62. The molecule has 0 spiro atoms. The molecule has 1 heterocycles. The highest BCUT2D eigenvalue weighted by atomic mass is 16.5. The second-order valence-electron chi connectivity index (χ2n) is 3.69. The van der Waals surface area contributed by atoms with Crippen LogP contribution in [0.5, 0.6) is 0 Å². The van der Waals surface area contributed by atoms with Gasteiger partial charge in [-0.1, -0.05) is 0 Å². The first-order chi connectivity index (χ1) is 5.58. The van der Waals surface area contributed by atoms with Crippen molar-refractivity contribution in [2.75, 3.05) is 0 Å². The Morgan fingerprint density at radius 1 is 1.42 bits per heavy atom. The molecule has 0 aromatic rings. The third-order valence-corrected chi connectivity index (χ3v) is 2.26. The minimum atomic E-state index is -0.693. The molecule has 1 N–H and O–H groups in total. The molecule has 1 aliphatic rings. The van der Waals surface area contributed by atoms with Gasteiger partial charge in [-0.2, -0.15) is 0 Å². The molecule has 0 radical (unpaired) electrons. The maximum Gasteiger partial charge on any atom is 0.303 e. The lowest BCUT2D eigenvalue weighted by Crippen LogP contribution is -2.30. The highest BCUT2D eigenvalue weighted by Gasteiger charge is 2.25. The SMILES string of the molecule is CC1CC(CC(=O)O)CC(C)O1. The maximum atomic E-state index is 10.4. The molecule has 1 saturated heterocycles. The normalized spacial score (nSPS) is 36.3. The van der Waals surface area contributed by atoms with Crippen LogP contribution in [0.1, 0.15) is 33.1 Å². The van der Waals surface area contributed by atoms with Crippen LogP contribution in [0.15, 0.2) is 0 Å². The number of rotatable bonds is 2. The summed E-state index contributed by atoms with van der Waals surface area (Å²) in [7, 11) is 0. The molecular weight excluding hydrogens is 156 g/mol. The monoisotopic (exact) mass is 172 g/mol. The van der Waals surface area contributed by atoms with E-state index in [9.17, 15) is 4.79 Å². The van der Waals surface area contributed by atoms with E-state index < -0.39 is 5.97 Å². The van der Waals surface area contributed by atoms with Gasteiger partial charge >= 0.3 is 5.97 Å². The van der Waals surface area contributed by atoms with Crippen LogP contribution >= 0.6 is 0 Å². The molecule has 2 atom stereocenters. The van der Waals surface area contributed by atoms with E-state index in [1.165, 1.54) is 0 Å². The Morgan fingerprint density at radius 3 is 2.33 bits per heavy atom. The highest BCUT2D eigenvalue weighted by Crippen LogP contribution is 2.26. The molecule has 0 saturated carbocycles. The van der Waals surface area contributed by atoms with Crippen molar-refractivity contribution < 1.29 is 14.6 Å². The van der Waals surface area contributed by atoms with Gasteiger partial charge in [0.25, 0.3) is 0 Å². The summed E-state index contributed by atoms with van der Waals surface area (Å²) in [6, 6.07) is 0. The minimum Gasteiger partial charge on any atom is -0.481 e. The third-order valence-electron chi connectivity index (χ3n) is 2.26. The number of ether oxygens (including phenoxy) is 1. The summed E-state index contributed by atoms with van der Waals surface area (Å²) in [5.74, 6) is -0.387. The van der Waals surface area contributed by atoms with E-state index in [1.54, 1.807) is 0 Å². The van der Waals surface area contributed by atoms with Crippen molar-refractivity contribution in [2.45, 2.75) is 45.3 Å². The van der Waals surface area contributed by atoms with E-state index in [4.69, 9.17) is 9.84 Å². The van der Waals surface area contributed by atoms with Gasteiger partial charge in [0.1, 0.15) is 0 Å². The fourth-order valence-corrected chi connectivity index (χ4v) is 1.96. The largest absolute Gasteiger partial charge is 0.481 e. The molecule has 3 heteroatoms. The van der Waals surface area contributed by atoms with E-state index in [0.717, 1.165) is 12.8 Å². The second-order valence-corrected chi connectivity index (χ2v) is 3.69. The van der Waals surface area contributed by atoms with Gasteiger partial charge in [-0.3, -0.25) is 4.79 Å². The van der Waals surface area contributed by atoms with Crippen LogP contribution in [0.3, 0.4) is 0 Å². The maximum absolute atomic E-state index is 10.4. The molecule has 0 bridgehead atoms. The van der Waals surface area contributed by atoms with Gasteiger partial charge in [0, 0.05) is 6.42 Å². The molecule has 0 aliphatic carbocycles. The first kappa shape index (κ1) is 9.52. The Bertz CT molecular complexity index is 157. The number of carbonyl (C=O) groups is 1. The smallest absolute Gasteiger partial charge is 0.303 e. The van der Waals surface area contributed by atoms with Gasteiger partial charge in [-0.15, -0.1) is 0 Å². The number of aliphatic carboxylic acids is 1. The van der Waals surface area contributed by atoms with E-state index >= 15 is 0 Å². The Balaban J connectivity index is 2.38. The van der Waals surface area contributed by atoms with Crippen LogP contribution in [-0.4, -0.2) is 23.3 Å². The lowest BCUT2D eigenvalue weighted by atomic mass is 9.90. The fourth-order valence-electron chi connectivity index (χ4n) is 1.96. The van der Waals surface area contributed by atoms with Crippen LogP contribution in [0.4, 0.5) is 0 Å². The van der Waals surface area contributed by atoms with Crippen LogP contribution in [-0.2, 0) is 9.53 Å². The molecule has 2 unspecified atom stereocenters. The molecule has 1 fully saturated rings. The van der Waals surface area contributed by atoms with Gasteiger partial charge in [-0.05, 0) is 32.6 Å². The molecular formula is C9H16O3. The number of carboxylic acids is 1. The second kappa shape index (κ2) is 3.90. The molecule has 12 heavy (non-hydrogen) atoms. The number of carboxylic acid groups (broad SMARTS) is 1. The first-order valence-corrected chi connectivity index (χ1v) is 4.45. The average molecular weight is 172 g/mol. The molecule has 0 amide bonds. The topological polar surface area (TPSA) is 46.5 Å². The minimum absolute atomic E-state index is 0.220. The van der Waals surface area contributed by atoms with Crippen LogP contribution < -0.4 is 0 Å². The Hall–Kier alpha value is -0.570. The van der Waals surface area contributed by atoms with Crippen molar-refractivity contribution in [3.63, 3.8) is 0 Å². The summed E-state index contributed by atoms with van der Waals surface area (Å²) >= 11 is 0. The summed E-state index contributed by atoms with van der Waals surface area (Å²) < 4.78 is 5.51. The van der Waals surface area contributed by atoms with Crippen LogP contribution in [0, 0.1) is 5.92 Å². The van der Waals surface area contributed by atoms with Crippen molar-refractivity contribution >= 4 is 5.97 Å². The lowest BCUT2D eigenvalue weighted by molar-refractivity contribution is -0.140. The van der Waals surface area contributed by atoms with Crippen LogP contribution in [0.2, 0.25) is 0 Å². The molecule has 3 nitrogen and oxygen atoms in total. The standard InChI is InChI=1S/C9H16O3/c1-6-3-8(5-9(10)11)4-7(2)12-6/h6-8H,3-5H2,1-2H3,(H,10,11). The molecule has 0 aromatic carbocycles. The van der Waals surface area contributed by atoms with Crippen molar-refractivity contribution in [1.29, 1.82) is 0 Å². The van der Waals surface area contributed by atoms with E-state index in [1.807, 2.05) is 13.8 Å². The van der Waals surface area contributed by atoms with Crippen LogP contribution in [0.25, 0.3) is 0 Å². The molecule has 1 rings (SSSR count). The number of hydrogen-bond acceptors (Lipinski definition) is 2. The predicted molar refractivity (Wildman–Crippen MR) is 45.0 cm³/mol. The quantitative estimate of drug-likeness (QED) is 0.689. The Labute approximate surface area is 72.7 Å². The average Bonchev–Trinajstić information content (AvgIpc) is 1.81. The Morgan fingerprint density at radius 2 is 1.92 bits per heavy atom. The van der Waals surface area contributed by atoms with Crippen molar-refractivity contribution in [3.8, 4) is 0 Å². The molecule has 0 aromatic heterocycles. The van der Waals surface area contributed by atoms with Gasteiger partial charge < -0.3 is 9.84 Å². The fraction of sp³-hybridized carbons (Fsp3) is 0.889. The summed E-state index contributed by atoms with van der Waals surface area (Å²) in [6.07, 6.45) is 2.50. The van der Waals surface area contributed by atoms with Gasteiger partial charge in [0.15, 0.2) is 0 Å². The van der Waals surface area contributed by atoms with Crippen molar-refractivity contribution in [2.24, 2.45) is 5.92 Å². The van der Waals surface area contributed by atoms with Gasteiger partial charge in [-0.25, -0.2) is 0 Å². The molecule has 1 aliphatic heterocycles. The van der Waals surface area contributed by atoms with Gasteiger partial charge in [0.05, 0.1) is 12.2 Å². The third kappa shape index (κ3) is 2.81. The predicted octanol–water partition coefficient (Wildman–Crippen LogP) is 1.66. The van der Waals surface area contributed by atoms with Gasteiger partial charge in [0.2, 0.25) is 0 Å². The highest BCUT2D eigenvalue weighted by molar-refractivity contribution is 5.67. The summed E-state index contributed by atoms with van der Waals surface area (Å²) in [6.45, 7) is 4.01. The van der Waals surface area contributed by atoms with E-state index in [2.05, 4.69) is 0 Å². The lowest BCUT2D eigenvalue weighted by Gasteiger charge is -2.31. The summed E-state index contributed by atoms with van der Waals surface area (Å²) in [5.41, 5.74) is 0. The molecule has 70 valence electrons. The zero-order chi connectivity index (χ0) is 9.14. The van der Waals surface area contributed by atoms with E-state index in [-0.39, 0.29) is 18.6 Å². The van der Waals surface area contributed by atoms with Crippen molar-refractivity contribution in [3.05, 3.63) is 0 Å². The first-order valence-electron chi connectivity index (χ1n) is 4.45. The number of hydrogen-bond donors (Lipinski definition) is 1. The van der Waals surface area contributed by atoms with E-state index in [0.29, 0.717) is 5.92 Å². The zero-order valence-electron chi connectivity index (χ0n) is 7.62. The summed E-state index contributed by atoms with van der Waals surface area (Å²) in [5, 5.41) is 8.60. The Kier molecular flexibility index (Phi) is 3.09.